The van der Waals surface area contributed by atoms with Gasteiger partial charge in [0.1, 0.15) is 12.3 Å². The quantitative estimate of drug-likeness (QED) is 0.288. The highest BCUT2D eigenvalue weighted by atomic mass is 16.6. The van der Waals surface area contributed by atoms with Gasteiger partial charge in [-0.1, -0.05) is 51.4 Å². The zero-order chi connectivity index (χ0) is 26.5. The fourth-order valence-electron chi connectivity index (χ4n) is 8.60. The van der Waals surface area contributed by atoms with Crippen molar-refractivity contribution >= 4 is 17.4 Å². The van der Waals surface area contributed by atoms with Gasteiger partial charge in [0, 0.05) is 36.6 Å². The molecule has 4 rings (SSSR count). The summed E-state index contributed by atoms with van der Waals surface area (Å²) in [5.74, 6) is 0.786. The van der Waals surface area contributed by atoms with Gasteiger partial charge in [0.25, 0.3) is 0 Å². The number of aliphatic hydroxyl groups excluding tert-OH is 1. The summed E-state index contributed by atoms with van der Waals surface area (Å²) >= 11 is 0. The van der Waals surface area contributed by atoms with E-state index in [-0.39, 0.29) is 41.3 Å². The number of oxime groups is 1. The van der Waals surface area contributed by atoms with Crippen molar-refractivity contribution in [1.29, 1.82) is 0 Å². The fraction of sp³-hybridized carbons (Fsp3) is 0.759. The molecule has 0 amide bonds. The molecular weight excluding hydrogens is 454 g/mol. The number of carbonyl (C=O) groups is 1. The molecule has 7 nitrogen and oxygen atoms in total. The average molecular weight is 500 g/mol. The molecule has 3 saturated carbocycles. The number of allylic oxidation sites excluding steroid dienone is 4. The first kappa shape index (κ1) is 26.9. The van der Waals surface area contributed by atoms with E-state index in [1.165, 1.54) is 17.7 Å². The van der Waals surface area contributed by atoms with E-state index in [4.69, 9.17) is 15.0 Å². The second kappa shape index (κ2) is 9.62. The molecule has 8 atom stereocenters. The van der Waals surface area contributed by atoms with Crippen molar-refractivity contribution in [2.75, 3.05) is 20.7 Å². The van der Waals surface area contributed by atoms with E-state index in [9.17, 15) is 9.90 Å². The van der Waals surface area contributed by atoms with Crippen LogP contribution in [0.5, 0.6) is 0 Å². The Labute approximate surface area is 216 Å². The third kappa shape index (κ3) is 4.11. The summed E-state index contributed by atoms with van der Waals surface area (Å²) in [4.78, 5) is 16.0. The minimum atomic E-state index is -0.895. The second-order valence-electron chi connectivity index (χ2n) is 12.4. The van der Waals surface area contributed by atoms with E-state index < -0.39 is 5.97 Å². The smallest absolute Gasteiger partial charge is 0.306 e. The number of aliphatic hydroxyl groups is 1. The maximum Gasteiger partial charge on any atom is 0.306 e. The van der Waals surface area contributed by atoms with Crippen molar-refractivity contribution < 1.29 is 19.8 Å². The Morgan fingerprint density at radius 3 is 2.64 bits per heavy atom. The summed E-state index contributed by atoms with van der Waals surface area (Å²) in [6.07, 6.45) is 10.8. The van der Waals surface area contributed by atoms with Crippen LogP contribution in [0.15, 0.2) is 34.1 Å². The first-order chi connectivity index (χ1) is 16.9. The van der Waals surface area contributed by atoms with Gasteiger partial charge in [-0.2, -0.15) is 5.10 Å². The molecule has 7 heteroatoms. The zero-order valence-corrected chi connectivity index (χ0v) is 23.1. The number of rotatable bonds is 7. The maximum absolute atomic E-state index is 11.8. The van der Waals surface area contributed by atoms with Gasteiger partial charge in [0.05, 0.1) is 12.5 Å². The molecule has 0 radical (unpaired) electrons. The molecule has 200 valence electrons. The van der Waals surface area contributed by atoms with E-state index in [1.807, 2.05) is 25.2 Å². The first-order valence-electron chi connectivity index (χ1n) is 13.6. The largest absolute Gasteiger partial charge is 0.481 e. The maximum atomic E-state index is 11.8. The topological polar surface area (TPSA) is 94.7 Å². The molecule has 2 N–H and O–H groups in total. The minimum absolute atomic E-state index is 0.00158. The molecule has 3 fully saturated rings. The predicted molar refractivity (Wildman–Crippen MR) is 143 cm³/mol. The van der Waals surface area contributed by atoms with Crippen molar-refractivity contribution in [1.82, 2.24) is 5.01 Å². The highest BCUT2D eigenvalue weighted by molar-refractivity contribution is 6.05. The molecule has 0 aliphatic heterocycles. The molecule has 0 bridgehead atoms. The van der Waals surface area contributed by atoms with Crippen LogP contribution in [0.2, 0.25) is 0 Å². The molecular formula is C29H45N3O4. The summed E-state index contributed by atoms with van der Waals surface area (Å²) in [5.41, 5.74) is 3.02. The molecule has 0 saturated heterocycles. The number of hydrogen-bond donors (Lipinski definition) is 2. The number of aliphatic carboxylic acids is 1. The van der Waals surface area contributed by atoms with Gasteiger partial charge < -0.3 is 20.1 Å². The number of hydrogen-bond acceptors (Lipinski definition) is 6. The number of nitrogens with zero attached hydrogens (tertiary/aromatic N) is 3. The van der Waals surface area contributed by atoms with Crippen LogP contribution >= 0.6 is 0 Å². The molecule has 0 aromatic rings. The molecule has 0 aromatic carbocycles. The summed E-state index contributed by atoms with van der Waals surface area (Å²) < 4.78 is 0. The third-order valence-corrected chi connectivity index (χ3v) is 10.5. The van der Waals surface area contributed by atoms with Crippen LogP contribution in [0.25, 0.3) is 0 Å². The van der Waals surface area contributed by atoms with Crippen LogP contribution in [-0.2, 0) is 9.63 Å². The van der Waals surface area contributed by atoms with Crippen LogP contribution < -0.4 is 0 Å². The van der Waals surface area contributed by atoms with Crippen LogP contribution in [0.3, 0.4) is 0 Å². The third-order valence-electron chi connectivity index (χ3n) is 10.5. The van der Waals surface area contributed by atoms with Gasteiger partial charge >= 0.3 is 5.97 Å². The Bertz CT molecular complexity index is 1000. The van der Waals surface area contributed by atoms with Crippen molar-refractivity contribution in [2.45, 2.75) is 79.2 Å². The number of hydrazone groups is 1. The molecule has 0 heterocycles. The van der Waals surface area contributed by atoms with E-state index >= 15 is 0 Å². The SMILES string of the molecule is CCC(=NN(C)C)[C@@]1(C)[C@H](C)C[C@H]2[C@@H]3CCC4=CC(=NOCCC(=O)O)C=C[C@]4(C)[C@H]3[C@@H](O)C[C@@]21C. The van der Waals surface area contributed by atoms with E-state index in [1.54, 1.807) is 0 Å². The van der Waals surface area contributed by atoms with Gasteiger partial charge in [-0.3, -0.25) is 4.79 Å². The van der Waals surface area contributed by atoms with Gasteiger partial charge in [-0.05, 0) is 67.4 Å². The Morgan fingerprint density at radius 2 is 2.00 bits per heavy atom. The predicted octanol–water partition coefficient (Wildman–Crippen LogP) is 5.12. The lowest BCUT2D eigenvalue weighted by molar-refractivity contribution is -0.138. The monoisotopic (exact) mass is 499 g/mol. The summed E-state index contributed by atoms with van der Waals surface area (Å²) in [6.45, 7) is 11.8. The number of fused-ring (bicyclic) bond motifs is 5. The molecule has 36 heavy (non-hydrogen) atoms. The normalized spacial score (nSPS) is 42.9. The number of carboxylic acid groups (broad SMARTS) is 1. The van der Waals surface area contributed by atoms with Gasteiger partial charge in [0.15, 0.2) is 0 Å². The Balaban J connectivity index is 1.63. The van der Waals surface area contributed by atoms with Crippen molar-refractivity contribution in [3.05, 3.63) is 23.8 Å². The average Bonchev–Trinajstić information content (AvgIpc) is 3.00. The number of carboxylic acids is 1. The van der Waals surface area contributed by atoms with Gasteiger partial charge in [0.2, 0.25) is 0 Å². The van der Waals surface area contributed by atoms with Crippen LogP contribution in [-0.4, -0.2) is 59.4 Å². The fourth-order valence-corrected chi connectivity index (χ4v) is 8.60. The highest BCUT2D eigenvalue weighted by Gasteiger charge is 2.67. The van der Waals surface area contributed by atoms with Crippen molar-refractivity contribution in [2.24, 2.45) is 50.2 Å². The van der Waals surface area contributed by atoms with Crippen molar-refractivity contribution in [3.63, 3.8) is 0 Å². The van der Waals surface area contributed by atoms with E-state index in [0.29, 0.717) is 17.8 Å². The second-order valence-corrected chi connectivity index (χ2v) is 12.4. The van der Waals surface area contributed by atoms with E-state index in [2.05, 4.69) is 51.9 Å². The molecule has 4 aliphatic rings. The highest BCUT2D eigenvalue weighted by Crippen LogP contribution is 2.71. The Morgan fingerprint density at radius 1 is 1.28 bits per heavy atom. The van der Waals surface area contributed by atoms with Crippen LogP contribution in [0.1, 0.15) is 73.1 Å². The standard InChI is InChI=1S/C29H45N3O4/c1-8-24(30-32(6)7)29(5)18(2)15-22-21-10-9-19-16-20(31-36-14-12-25(34)35)11-13-27(19,3)26(21)23(33)17-28(22,29)4/h11,13,16,18,21-23,26,33H,8-10,12,14-15,17H2,1-7H3,(H,34,35)/t18-,21+,22+,23+,26-,27+,28+,29-/m1/s1. The molecule has 4 aliphatic carbocycles. The van der Waals surface area contributed by atoms with Crippen LogP contribution in [0.4, 0.5) is 0 Å². The van der Waals surface area contributed by atoms with Crippen molar-refractivity contribution in [3.8, 4) is 0 Å². The Hall–Kier alpha value is -2.15. The first-order valence-corrected chi connectivity index (χ1v) is 13.6. The Kier molecular flexibility index (Phi) is 7.19. The summed E-state index contributed by atoms with van der Waals surface area (Å²) in [5, 5.41) is 31.7. The van der Waals surface area contributed by atoms with Gasteiger partial charge in [-0.15, -0.1) is 0 Å². The van der Waals surface area contributed by atoms with Gasteiger partial charge in [-0.25, -0.2) is 0 Å². The minimum Gasteiger partial charge on any atom is -0.481 e. The molecule has 0 unspecified atom stereocenters. The lowest BCUT2D eigenvalue weighted by Crippen LogP contribution is -2.58. The zero-order valence-electron chi connectivity index (χ0n) is 23.1. The molecule has 0 spiro atoms. The van der Waals surface area contributed by atoms with E-state index in [0.717, 1.165) is 31.4 Å². The lowest BCUT2D eigenvalue weighted by Gasteiger charge is -2.60. The lowest BCUT2D eigenvalue weighted by atomic mass is 9.44. The van der Waals surface area contributed by atoms with Crippen LogP contribution in [0, 0.1) is 39.9 Å². The molecule has 0 aromatic heterocycles. The summed E-state index contributed by atoms with van der Waals surface area (Å²) in [7, 11) is 4.01. The summed E-state index contributed by atoms with van der Waals surface area (Å²) in [6, 6.07) is 0.